The van der Waals surface area contributed by atoms with Crippen LogP contribution in [0, 0.1) is 11.3 Å². The van der Waals surface area contributed by atoms with Crippen molar-refractivity contribution in [2.24, 2.45) is 16.3 Å². The van der Waals surface area contributed by atoms with Crippen molar-refractivity contribution in [3.63, 3.8) is 0 Å². The second-order valence-corrected chi connectivity index (χ2v) is 7.37. The number of hydrogen-bond acceptors (Lipinski definition) is 4. The van der Waals surface area contributed by atoms with E-state index in [4.69, 9.17) is 9.47 Å². The molecule has 0 aliphatic carbocycles. The number of aliphatic hydroxyl groups excluding tert-OH is 1. The monoisotopic (exact) mass is 491 g/mol. The molecule has 0 amide bonds. The zero-order valence-corrected chi connectivity index (χ0v) is 19.0. The van der Waals surface area contributed by atoms with Crippen molar-refractivity contribution >= 4 is 29.9 Å². The largest absolute Gasteiger partial charge is 0.493 e. The fourth-order valence-corrected chi connectivity index (χ4v) is 3.03. The van der Waals surface area contributed by atoms with Gasteiger partial charge in [0.15, 0.2) is 5.96 Å². The van der Waals surface area contributed by atoms with E-state index in [0.717, 1.165) is 43.3 Å². The quantitative estimate of drug-likeness (QED) is 0.282. The molecule has 1 saturated heterocycles. The summed E-state index contributed by atoms with van der Waals surface area (Å²) < 4.78 is 11.5. The lowest BCUT2D eigenvalue weighted by molar-refractivity contribution is 0.127. The van der Waals surface area contributed by atoms with E-state index in [-0.39, 0.29) is 36.0 Å². The number of ether oxygens (including phenoxy) is 2. The average molecular weight is 491 g/mol. The number of hydrogen-bond donors (Lipinski definition) is 3. The minimum atomic E-state index is -0.00927. The summed E-state index contributed by atoms with van der Waals surface area (Å²) in [6.07, 6.45) is 1.70. The van der Waals surface area contributed by atoms with E-state index >= 15 is 0 Å². The Morgan fingerprint density at radius 3 is 2.74 bits per heavy atom. The summed E-state index contributed by atoms with van der Waals surface area (Å²) in [6.45, 7) is 7.97. The first-order chi connectivity index (χ1) is 12.6. The lowest BCUT2D eigenvalue weighted by Gasteiger charge is -2.27. The second kappa shape index (κ2) is 12.4. The second-order valence-electron chi connectivity index (χ2n) is 7.37. The van der Waals surface area contributed by atoms with E-state index in [0.29, 0.717) is 25.7 Å². The van der Waals surface area contributed by atoms with E-state index in [1.54, 1.807) is 7.05 Å². The predicted octanol–water partition coefficient (Wildman–Crippen LogP) is 2.79. The molecule has 0 spiro atoms. The summed E-state index contributed by atoms with van der Waals surface area (Å²) in [5.41, 5.74) is 1.09. The standard InChI is InChI=1S/C20H33N3O3.HI/c1-16(2)13-26-18-7-5-4-6-17(18)12-22-19(21-3)23-14-20(8-10-24)9-11-25-15-20;/h4-7,16,24H,8-15H2,1-3H3,(H2,21,22,23);1H. The van der Waals surface area contributed by atoms with Gasteiger partial charge in [-0.25, -0.2) is 0 Å². The maximum Gasteiger partial charge on any atom is 0.191 e. The Morgan fingerprint density at radius 1 is 1.33 bits per heavy atom. The molecule has 0 aromatic heterocycles. The Bertz CT molecular complexity index is 575. The van der Waals surface area contributed by atoms with Crippen LogP contribution in [0.3, 0.4) is 0 Å². The van der Waals surface area contributed by atoms with Crippen LogP contribution < -0.4 is 15.4 Å². The number of rotatable bonds is 9. The van der Waals surface area contributed by atoms with Crippen molar-refractivity contribution in [1.82, 2.24) is 10.6 Å². The lowest BCUT2D eigenvalue weighted by atomic mass is 9.84. The van der Waals surface area contributed by atoms with Crippen molar-refractivity contribution in [1.29, 1.82) is 0 Å². The van der Waals surface area contributed by atoms with Crippen LogP contribution in [0.15, 0.2) is 29.3 Å². The number of nitrogens with zero attached hydrogens (tertiary/aromatic N) is 1. The van der Waals surface area contributed by atoms with Crippen LogP contribution in [0.4, 0.5) is 0 Å². The molecule has 27 heavy (non-hydrogen) atoms. The van der Waals surface area contributed by atoms with Gasteiger partial charge in [-0.2, -0.15) is 0 Å². The summed E-state index contributed by atoms with van der Waals surface area (Å²) in [5.74, 6) is 2.14. The highest BCUT2D eigenvalue weighted by Gasteiger charge is 2.34. The minimum Gasteiger partial charge on any atom is -0.493 e. The minimum absolute atomic E-state index is 0. The fraction of sp³-hybridized carbons (Fsp3) is 0.650. The van der Waals surface area contributed by atoms with Crippen LogP contribution in [-0.2, 0) is 11.3 Å². The first-order valence-corrected chi connectivity index (χ1v) is 9.42. The molecule has 0 saturated carbocycles. The SMILES string of the molecule is CN=C(NCc1ccccc1OCC(C)C)NCC1(CCO)CCOC1.I. The molecule has 3 N–H and O–H groups in total. The summed E-state index contributed by atoms with van der Waals surface area (Å²) in [4.78, 5) is 4.31. The number of para-hydroxylation sites is 1. The zero-order valence-electron chi connectivity index (χ0n) is 16.7. The molecule has 1 heterocycles. The number of benzene rings is 1. The van der Waals surface area contributed by atoms with Crippen LogP contribution in [0.5, 0.6) is 5.75 Å². The Morgan fingerprint density at radius 2 is 2.11 bits per heavy atom. The normalized spacial score (nSPS) is 19.7. The highest BCUT2D eigenvalue weighted by atomic mass is 127. The Labute approximate surface area is 180 Å². The maximum atomic E-state index is 9.34. The first-order valence-electron chi connectivity index (χ1n) is 9.42. The fourth-order valence-electron chi connectivity index (χ4n) is 3.03. The van der Waals surface area contributed by atoms with E-state index in [2.05, 4.69) is 35.5 Å². The highest BCUT2D eigenvalue weighted by molar-refractivity contribution is 14.0. The Hall–Kier alpha value is -1.06. The summed E-state index contributed by atoms with van der Waals surface area (Å²) >= 11 is 0. The number of nitrogens with one attached hydrogen (secondary N) is 2. The van der Waals surface area contributed by atoms with Crippen molar-refractivity contribution in [3.05, 3.63) is 29.8 Å². The predicted molar refractivity (Wildman–Crippen MR) is 120 cm³/mol. The number of aliphatic imine (C=N–C) groups is 1. The third-order valence-electron chi connectivity index (χ3n) is 4.67. The number of aliphatic hydroxyl groups is 1. The van der Waals surface area contributed by atoms with Crippen molar-refractivity contribution in [3.8, 4) is 5.75 Å². The van der Waals surface area contributed by atoms with Gasteiger partial charge >= 0.3 is 0 Å². The first kappa shape index (κ1) is 24.0. The molecule has 1 aliphatic heterocycles. The molecular weight excluding hydrogens is 457 g/mol. The third kappa shape index (κ3) is 7.83. The summed E-state index contributed by atoms with van der Waals surface area (Å²) in [5, 5.41) is 16.1. The van der Waals surface area contributed by atoms with Gasteiger partial charge in [0.05, 0.1) is 13.2 Å². The van der Waals surface area contributed by atoms with Gasteiger partial charge in [0, 0.05) is 44.3 Å². The van der Waals surface area contributed by atoms with Gasteiger partial charge in [-0.05, 0) is 24.8 Å². The van der Waals surface area contributed by atoms with E-state index in [9.17, 15) is 5.11 Å². The van der Waals surface area contributed by atoms with Gasteiger partial charge in [0.1, 0.15) is 5.75 Å². The molecule has 1 atom stereocenters. The maximum absolute atomic E-state index is 9.34. The smallest absolute Gasteiger partial charge is 0.191 e. The van der Waals surface area contributed by atoms with Crippen LogP contribution >= 0.6 is 24.0 Å². The molecule has 1 unspecified atom stereocenters. The molecule has 154 valence electrons. The zero-order chi connectivity index (χ0) is 18.8. The Kier molecular flexibility index (Phi) is 11.0. The highest BCUT2D eigenvalue weighted by Crippen LogP contribution is 2.31. The third-order valence-corrected chi connectivity index (χ3v) is 4.67. The van der Waals surface area contributed by atoms with Gasteiger partial charge in [0.25, 0.3) is 0 Å². The molecule has 0 bridgehead atoms. The van der Waals surface area contributed by atoms with E-state index in [1.807, 2.05) is 18.2 Å². The van der Waals surface area contributed by atoms with Crippen molar-refractivity contribution in [2.75, 3.05) is 40.0 Å². The molecule has 1 fully saturated rings. The van der Waals surface area contributed by atoms with Gasteiger partial charge in [-0.1, -0.05) is 32.0 Å². The van der Waals surface area contributed by atoms with E-state index < -0.39 is 0 Å². The molecular formula is C20H34IN3O3. The number of guanidine groups is 1. The van der Waals surface area contributed by atoms with E-state index in [1.165, 1.54) is 0 Å². The van der Waals surface area contributed by atoms with Crippen LogP contribution in [0.25, 0.3) is 0 Å². The molecule has 6 nitrogen and oxygen atoms in total. The van der Waals surface area contributed by atoms with Crippen molar-refractivity contribution < 1.29 is 14.6 Å². The molecule has 1 aliphatic rings. The van der Waals surface area contributed by atoms with Crippen molar-refractivity contribution in [2.45, 2.75) is 33.2 Å². The summed E-state index contributed by atoms with van der Waals surface area (Å²) in [6, 6.07) is 8.07. The molecule has 7 heteroatoms. The average Bonchev–Trinajstić information content (AvgIpc) is 3.10. The van der Waals surface area contributed by atoms with Crippen LogP contribution in [-0.4, -0.2) is 51.1 Å². The summed E-state index contributed by atoms with van der Waals surface area (Å²) in [7, 11) is 1.76. The molecule has 1 aromatic rings. The van der Waals surface area contributed by atoms with Crippen LogP contribution in [0.1, 0.15) is 32.3 Å². The van der Waals surface area contributed by atoms with Crippen LogP contribution in [0.2, 0.25) is 0 Å². The molecule has 0 radical (unpaired) electrons. The van der Waals surface area contributed by atoms with Gasteiger partial charge < -0.3 is 25.2 Å². The van der Waals surface area contributed by atoms with Gasteiger partial charge in [0.2, 0.25) is 0 Å². The number of halogens is 1. The topological polar surface area (TPSA) is 75.1 Å². The van der Waals surface area contributed by atoms with Gasteiger partial charge in [-0.15, -0.1) is 24.0 Å². The molecule has 2 rings (SSSR count). The van der Waals surface area contributed by atoms with Gasteiger partial charge in [-0.3, -0.25) is 4.99 Å². The lowest BCUT2D eigenvalue weighted by Crippen LogP contribution is -2.44. The molecule has 1 aromatic carbocycles. The Balaban J connectivity index is 0.00000364.